The number of nitrogens with zero attached hydrogens (tertiary/aromatic N) is 2. The maximum atomic E-state index is 14.2. The number of aromatic nitrogens is 2. The van der Waals surface area contributed by atoms with E-state index in [-0.39, 0.29) is 22.1 Å². The number of benzene rings is 2. The molecule has 0 spiro atoms. The van der Waals surface area contributed by atoms with E-state index in [1.165, 1.54) is 6.07 Å². The number of anilines is 2. The Morgan fingerprint density at radius 3 is 2.71 bits per heavy atom. The molecule has 5 nitrogen and oxygen atoms in total. The largest absolute Gasteiger partial charge is 0.398 e. The molecule has 2 aromatic carbocycles. The first-order valence-electron chi connectivity index (χ1n) is 7.15. The average Bonchev–Trinajstić information content (AvgIpc) is 2.96. The van der Waals surface area contributed by atoms with E-state index in [2.05, 4.69) is 10.3 Å². The van der Waals surface area contributed by atoms with E-state index >= 15 is 0 Å². The van der Waals surface area contributed by atoms with Crippen molar-refractivity contribution < 1.29 is 9.18 Å². The van der Waals surface area contributed by atoms with Gasteiger partial charge in [-0.25, -0.2) is 9.37 Å². The maximum Gasteiger partial charge on any atom is 0.257 e. The molecule has 0 aliphatic heterocycles. The minimum Gasteiger partial charge on any atom is -0.398 e. The van der Waals surface area contributed by atoms with Crippen molar-refractivity contribution in [3.05, 3.63) is 66.2 Å². The molecule has 3 rings (SSSR count). The fourth-order valence-electron chi connectivity index (χ4n) is 2.11. The van der Waals surface area contributed by atoms with Gasteiger partial charge in [0, 0.05) is 30.8 Å². The molecule has 122 valence electrons. The zero-order valence-corrected chi connectivity index (χ0v) is 13.7. The van der Waals surface area contributed by atoms with Crippen LogP contribution in [-0.4, -0.2) is 15.5 Å². The topological polar surface area (TPSA) is 72.9 Å². The minimum atomic E-state index is -0.489. The molecule has 3 aromatic rings. The summed E-state index contributed by atoms with van der Waals surface area (Å²) in [4.78, 5) is 16.9. The number of aryl methyl sites for hydroxylation is 1. The predicted octanol–water partition coefficient (Wildman–Crippen LogP) is 3.54. The number of nitrogen functional groups attached to an aromatic ring is 1. The second-order valence-corrected chi connectivity index (χ2v) is 6.12. The van der Waals surface area contributed by atoms with Gasteiger partial charge in [-0.05, 0) is 36.0 Å². The summed E-state index contributed by atoms with van der Waals surface area (Å²) in [5.74, 6) is -0.878. The number of carbonyl (C=O) groups excluding carboxylic acids is 1. The highest BCUT2D eigenvalue weighted by molar-refractivity contribution is 7.99. The monoisotopic (exact) mass is 342 g/mol. The summed E-state index contributed by atoms with van der Waals surface area (Å²) in [6, 6.07) is 11.6. The Balaban J connectivity index is 1.89. The van der Waals surface area contributed by atoms with Gasteiger partial charge in [-0.15, -0.1) is 0 Å². The van der Waals surface area contributed by atoms with Crippen LogP contribution < -0.4 is 11.1 Å². The van der Waals surface area contributed by atoms with Crippen molar-refractivity contribution in [2.75, 3.05) is 11.1 Å². The molecule has 0 saturated heterocycles. The number of rotatable bonds is 4. The maximum absolute atomic E-state index is 14.2. The van der Waals surface area contributed by atoms with Gasteiger partial charge in [-0.1, -0.05) is 18.2 Å². The summed E-state index contributed by atoms with van der Waals surface area (Å²) in [7, 11) is 1.81. The zero-order valence-electron chi connectivity index (χ0n) is 12.9. The number of halogens is 1. The number of amides is 1. The van der Waals surface area contributed by atoms with Crippen LogP contribution in [-0.2, 0) is 7.05 Å². The number of nitrogens with one attached hydrogen (secondary N) is 1. The highest BCUT2D eigenvalue weighted by atomic mass is 32.2. The molecule has 0 bridgehead atoms. The average molecular weight is 342 g/mol. The summed E-state index contributed by atoms with van der Waals surface area (Å²) in [6.07, 6.45) is 3.39. The number of nitrogens with two attached hydrogens (primary N) is 1. The lowest BCUT2D eigenvalue weighted by Gasteiger charge is -2.10. The Labute approximate surface area is 142 Å². The number of carbonyl (C=O) groups is 1. The number of para-hydroxylation sites is 1. The molecular weight excluding hydrogens is 327 g/mol. The van der Waals surface area contributed by atoms with Crippen LogP contribution in [0.2, 0.25) is 0 Å². The van der Waals surface area contributed by atoms with Gasteiger partial charge in [0.15, 0.2) is 5.16 Å². The molecule has 1 aromatic heterocycles. The highest BCUT2D eigenvalue weighted by Crippen LogP contribution is 2.31. The Morgan fingerprint density at radius 2 is 2.04 bits per heavy atom. The van der Waals surface area contributed by atoms with Crippen molar-refractivity contribution in [3.8, 4) is 0 Å². The lowest BCUT2D eigenvalue weighted by atomic mass is 10.1. The van der Waals surface area contributed by atoms with Gasteiger partial charge in [0.2, 0.25) is 0 Å². The molecule has 24 heavy (non-hydrogen) atoms. The van der Waals surface area contributed by atoms with Gasteiger partial charge < -0.3 is 15.6 Å². The van der Waals surface area contributed by atoms with E-state index in [9.17, 15) is 9.18 Å². The van der Waals surface area contributed by atoms with Gasteiger partial charge in [0.1, 0.15) is 5.82 Å². The van der Waals surface area contributed by atoms with Crippen LogP contribution in [0.5, 0.6) is 0 Å². The van der Waals surface area contributed by atoms with E-state index in [0.29, 0.717) is 10.8 Å². The molecule has 0 radical (unpaired) electrons. The van der Waals surface area contributed by atoms with E-state index in [1.54, 1.807) is 29.1 Å². The molecule has 0 saturated carbocycles. The molecule has 0 atom stereocenters. The van der Waals surface area contributed by atoms with Crippen molar-refractivity contribution >= 4 is 29.0 Å². The smallest absolute Gasteiger partial charge is 0.257 e. The predicted molar refractivity (Wildman–Crippen MR) is 92.5 cm³/mol. The van der Waals surface area contributed by atoms with E-state index in [0.717, 1.165) is 17.8 Å². The highest BCUT2D eigenvalue weighted by Gasteiger charge is 2.16. The second kappa shape index (κ2) is 6.76. The molecule has 0 aliphatic rings. The first-order chi connectivity index (χ1) is 11.5. The van der Waals surface area contributed by atoms with Crippen molar-refractivity contribution in [1.82, 2.24) is 9.55 Å². The van der Waals surface area contributed by atoms with Gasteiger partial charge in [-0.2, -0.15) is 0 Å². The second-order valence-electron chi connectivity index (χ2n) is 5.11. The zero-order chi connectivity index (χ0) is 17.1. The molecule has 0 fully saturated rings. The van der Waals surface area contributed by atoms with Crippen LogP contribution in [0, 0.1) is 5.82 Å². The third kappa shape index (κ3) is 3.41. The normalized spacial score (nSPS) is 10.6. The van der Waals surface area contributed by atoms with Gasteiger partial charge in [0.25, 0.3) is 5.91 Å². The van der Waals surface area contributed by atoms with Crippen LogP contribution in [0.15, 0.2) is 64.9 Å². The summed E-state index contributed by atoms with van der Waals surface area (Å²) < 4.78 is 15.9. The fourth-order valence-corrected chi connectivity index (χ4v) is 2.96. The summed E-state index contributed by atoms with van der Waals surface area (Å²) >= 11 is 1.14. The Kier molecular flexibility index (Phi) is 4.52. The molecular formula is C17H15FN4OS. The van der Waals surface area contributed by atoms with Crippen LogP contribution in [0.25, 0.3) is 0 Å². The quantitative estimate of drug-likeness (QED) is 0.711. The van der Waals surface area contributed by atoms with E-state index in [1.807, 2.05) is 25.2 Å². The number of hydrogen-bond acceptors (Lipinski definition) is 4. The van der Waals surface area contributed by atoms with Gasteiger partial charge >= 0.3 is 0 Å². The molecule has 1 heterocycles. The standard InChI is InChI=1S/C17H15FN4OS/c1-22-8-7-20-17(22)24-15-9-12(14(19)10-13(15)18)16(23)21-11-5-3-2-4-6-11/h2-10H,19H2,1H3,(H,21,23). The number of imidazole rings is 1. The van der Waals surface area contributed by atoms with E-state index in [4.69, 9.17) is 5.73 Å². The van der Waals surface area contributed by atoms with Gasteiger partial charge in [-0.3, -0.25) is 4.79 Å². The fraction of sp³-hybridized carbons (Fsp3) is 0.0588. The molecule has 3 N–H and O–H groups in total. The van der Waals surface area contributed by atoms with Crippen LogP contribution in [0.1, 0.15) is 10.4 Å². The van der Waals surface area contributed by atoms with Crippen molar-refractivity contribution in [2.45, 2.75) is 10.1 Å². The minimum absolute atomic E-state index is 0.0881. The third-order valence-electron chi connectivity index (χ3n) is 3.36. The Morgan fingerprint density at radius 1 is 1.29 bits per heavy atom. The first kappa shape index (κ1) is 16.1. The van der Waals surface area contributed by atoms with Crippen molar-refractivity contribution in [3.63, 3.8) is 0 Å². The lowest BCUT2D eigenvalue weighted by Crippen LogP contribution is -2.14. The summed E-state index contributed by atoms with van der Waals surface area (Å²) in [5.41, 5.74) is 6.77. The number of hydrogen-bond donors (Lipinski definition) is 2. The molecule has 0 unspecified atom stereocenters. The lowest BCUT2D eigenvalue weighted by molar-refractivity contribution is 0.102. The summed E-state index contributed by atoms with van der Waals surface area (Å²) in [6.45, 7) is 0. The molecule has 7 heteroatoms. The SMILES string of the molecule is Cn1ccnc1Sc1cc(C(=O)Nc2ccccc2)c(N)cc1F. The van der Waals surface area contributed by atoms with Crippen LogP contribution in [0.4, 0.5) is 15.8 Å². The van der Waals surface area contributed by atoms with Crippen LogP contribution >= 0.6 is 11.8 Å². The Hall–Kier alpha value is -2.80. The van der Waals surface area contributed by atoms with Crippen LogP contribution in [0.3, 0.4) is 0 Å². The first-order valence-corrected chi connectivity index (χ1v) is 7.97. The Bertz CT molecular complexity index is 880. The molecule has 0 aliphatic carbocycles. The van der Waals surface area contributed by atoms with E-state index < -0.39 is 5.82 Å². The van der Waals surface area contributed by atoms with Gasteiger partial charge in [0.05, 0.1) is 10.5 Å². The van der Waals surface area contributed by atoms with Crippen molar-refractivity contribution in [1.29, 1.82) is 0 Å². The molecule has 1 amide bonds. The van der Waals surface area contributed by atoms with Crippen molar-refractivity contribution in [2.24, 2.45) is 7.05 Å². The summed E-state index contributed by atoms with van der Waals surface area (Å²) in [5, 5.41) is 3.36. The third-order valence-corrected chi connectivity index (χ3v) is 4.47.